The van der Waals surface area contributed by atoms with E-state index in [0.717, 1.165) is 10.9 Å². The van der Waals surface area contributed by atoms with E-state index in [-0.39, 0.29) is 0 Å². The highest BCUT2D eigenvalue weighted by Crippen LogP contribution is 2.53. The average molecular weight is 317 g/mol. The third-order valence-electron chi connectivity index (χ3n) is 4.02. The normalized spacial score (nSPS) is 28.5. The lowest BCUT2D eigenvalue weighted by atomic mass is 9.78. The SMILES string of the molecule is O=S1(=O)c2ccc(Br)cc2C(O)CC12CCC2. The van der Waals surface area contributed by atoms with Crippen LogP contribution < -0.4 is 0 Å². The highest BCUT2D eigenvalue weighted by atomic mass is 79.9. The van der Waals surface area contributed by atoms with Crippen LogP contribution in [0.1, 0.15) is 37.4 Å². The van der Waals surface area contributed by atoms with Crippen molar-refractivity contribution in [2.45, 2.75) is 41.4 Å². The Balaban J connectivity index is 2.24. The van der Waals surface area contributed by atoms with Crippen LogP contribution in [0.15, 0.2) is 27.6 Å². The Kier molecular flexibility index (Phi) is 2.44. The molecule has 92 valence electrons. The van der Waals surface area contributed by atoms with Crippen LogP contribution >= 0.6 is 15.9 Å². The molecule has 1 unspecified atom stereocenters. The molecule has 5 heteroatoms. The topological polar surface area (TPSA) is 54.4 Å². The van der Waals surface area contributed by atoms with Gasteiger partial charge in [0, 0.05) is 10.0 Å². The molecule has 0 bridgehead atoms. The molecule has 1 fully saturated rings. The standard InChI is InChI=1S/C12H13BrO3S/c13-8-2-3-11-9(6-8)10(14)7-12(4-1-5-12)17(11,15)16/h2-3,6,10,14H,1,4-5,7H2. The number of hydrogen-bond donors (Lipinski definition) is 1. The largest absolute Gasteiger partial charge is 0.388 e. The number of rotatable bonds is 0. The quantitative estimate of drug-likeness (QED) is 0.800. The van der Waals surface area contributed by atoms with Crippen molar-refractivity contribution in [3.05, 3.63) is 28.2 Å². The van der Waals surface area contributed by atoms with Crippen LogP contribution in [0.5, 0.6) is 0 Å². The van der Waals surface area contributed by atoms with E-state index in [9.17, 15) is 13.5 Å². The van der Waals surface area contributed by atoms with E-state index in [1.807, 2.05) is 0 Å². The van der Waals surface area contributed by atoms with Crippen molar-refractivity contribution < 1.29 is 13.5 Å². The predicted molar refractivity (Wildman–Crippen MR) is 67.5 cm³/mol. The molecular weight excluding hydrogens is 304 g/mol. The number of sulfone groups is 1. The summed E-state index contributed by atoms with van der Waals surface area (Å²) >= 11 is 3.31. The van der Waals surface area contributed by atoms with Crippen LogP contribution in [-0.2, 0) is 9.84 Å². The van der Waals surface area contributed by atoms with Crippen LogP contribution in [0.2, 0.25) is 0 Å². The Morgan fingerprint density at radius 3 is 2.65 bits per heavy atom. The van der Waals surface area contributed by atoms with E-state index in [2.05, 4.69) is 15.9 Å². The second kappa shape index (κ2) is 3.56. The fourth-order valence-electron chi connectivity index (χ4n) is 2.87. The number of hydrogen-bond acceptors (Lipinski definition) is 3. The summed E-state index contributed by atoms with van der Waals surface area (Å²) in [5.41, 5.74) is 0.539. The zero-order valence-corrected chi connectivity index (χ0v) is 11.6. The molecule has 0 amide bonds. The van der Waals surface area contributed by atoms with Gasteiger partial charge in [-0.2, -0.15) is 0 Å². The lowest BCUT2D eigenvalue weighted by Crippen LogP contribution is -2.49. The van der Waals surface area contributed by atoms with Crippen LogP contribution in [0.3, 0.4) is 0 Å². The van der Waals surface area contributed by atoms with Gasteiger partial charge in [0.2, 0.25) is 0 Å². The molecule has 1 spiro atoms. The molecular formula is C12H13BrO3S. The van der Waals surface area contributed by atoms with E-state index < -0.39 is 20.7 Å². The van der Waals surface area contributed by atoms with Crippen molar-refractivity contribution in [1.82, 2.24) is 0 Å². The minimum atomic E-state index is -3.28. The first-order valence-electron chi connectivity index (χ1n) is 5.68. The van der Waals surface area contributed by atoms with Gasteiger partial charge >= 0.3 is 0 Å². The summed E-state index contributed by atoms with van der Waals surface area (Å²) in [5, 5.41) is 10.1. The van der Waals surface area contributed by atoms with Crippen LogP contribution in [-0.4, -0.2) is 18.3 Å². The molecule has 17 heavy (non-hydrogen) atoms. The Morgan fingerprint density at radius 2 is 2.06 bits per heavy atom. The van der Waals surface area contributed by atoms with Crippen molar-refractivity contribution >= 4 is 25.8 Å². The van der Waals surface area contributed by atoms with Gasteiger partial charge in [-0.05, 0) is 37.5 Å². The smallest absolute Gasteiger partial charge is 0.184 e. The Hall–Kier alpha value is -0.390. The molecule has 0 radical (unpaired) electrons. The average Bonchev–Trinajstić information content (AvgIpc) is 2.20. The van der Waals surface area contributed by atoms with Gasteiger partial charge in [0.1, 0.15) is 0 Å². The zero-order chi connectivity index (χ0) is 12.3. The minimum absolute atomic E-state index is 0.319. The third kappa shape index (κ3) is 1.45. The van der Waals surface area contributed by atoms with Crippen molar-refractivity contribution in [1.29, 1.82) is 0 Å². The molecule has 1 aliphatic heterocycles. The van der Waals surface area contributed by atoms with E-state index >= 15 is 0 Å². The molecule has 1 N–H and O–H groups in total. The summed E-state index contributed by atoms with van der Waals surface area (Å²) in [5.74, 6) is 0. The summed E-state index contributed by atoms with van der Waals surface area (Å²) in [6, 6.07) is 5.04. The predicted octanol–water partition coefficient (Wildman–Crippen LogP) is 2.58. The summed E-state index contributed by atoms with van der Waals surface area (Å²) in [4.78, 5) is 0.319. The van der Waals surface area contributed by atoms with Gasteiger partial charge in [-0.1, -0.05) is 22.4 Å². The van der Waals surface area contributed by atoms with Gasteiger partial charge < -0.3 is 5.11 Å². The molecule has 1 aromatic carbocycles. The first kappa shape index (κ1) is 11.7. The van der Waals surface area contributed by atoms with Gasteiger partial charge in [-0.25, -0.2) is 8.42 Å². The highest BCUT2D eigenvalue weighted by molar-refractivity contribution is 9.10. The minimum Gasteiger partial charge on any atom is -0.388 e. The molecule has 3 rings (SSSR count). The second-order valence-electron chi connectivity index (χ2n) is 4.94. The van der Waals surface area contributed by atoms with Crippen molar-refractivity contribution in [3.63, 3.8) is 0 Å². The van der Waals surface area contributed by atoms with Gasteiger partial charge in [-0.3, -0.25) is 0 Å². The molecule has 1 aromatic rings. The third-order valence-corrected chi connectivity index (χ3v) is 7.18. The van der Waals surface area contributed by atoms with Crippen molar-refractivity contribution in [2.24, 2.45) is 0 Å². The number of fused-ring (bicyclic) bond motifs is 1. The second-order valence-corrected chi connectivity index (χ2v) is 8.17. The highest BCUT2D eigenvalue weighted by Gasteiger charge is 2.54. The molecule has 0 aromatic heterocycles. The Morgan fingerprint density at radius 1 is 1.35 bits per heavy atom. The fourth-order valence-corrected chi connectivity index (χ4v) is 5.67. The molecule has 1 aliphatic carbocycles. The molecule has 0 saturated heterocycles. The number of benzene rings is 1. The molecule has 1 saturated carbocycles. The maximum Gasteiger partial charge on any atom is 0.184 e. The molecule has 2 aliphatic rings. The zero-order valence-electron chi connectivity index (χ0n) is 9.19. The summed E-state index contributed by atoms with van der Waals surface area (Å²) in [6.07, 6.45) is 1.99. The van der Waals surface area contributed by atoms with Crippen LogP contribution in [0.25, 0.3) is 0 Å². The van der Waals surface area contributed by atoms with E-state index in [1.165, 1.54) is 0 Å². The molecule has 1 atom stereocenters. The summed E-state index contributed by atoms with van der Waals surface area (Å²) in [6.45, 7) is 0. The first-order chi connectivity index (χ1) is 7.96. The summed E-state index contributed by atoms with van der Waals surface area (Å²) < 4.78 is 25.2. The Bertz CT molecular complexity index is 575. The van der Waals surface area contributed by atoms with Gasteiger partial charge in [0.25, 0.3) is 0 Å². The van der Waals surface area contributed by atoms with Gasteiger partial charge in [-0.15, -0.1) is 0 Å². The molecule has 3 nitrogen and oxygen atoms in total. The van der Waals surface area contributed by atoms with E-state index in [4.69, 9.17) is 0 Å². The first-order valence-corrected chi connectivity index (χ1v) is 7.96. The number of halogens is 1. The van der Waals surface area contributed by atoms with E-state index in [1.54, 1.807) is 18.2 Å². The van der Waals surface area contributed by atoms with Crippen LogP contribution in [0, 0.1) is 0 Å². The maximum absolute atomic E-state index is 12.5. The maximum atomic E-state index is 12.5. The van der Waals surface area contributed by atoms with Gasteiger partial charge in [0.05, 0.1) is 15.7 Å². The van der Waals surface area contributed by atoms with Crippen LogP contribution in [0.4, 0.5) is 0 Å². The lowest BCUT2D eigenvalue weighted by molar-refractivity contribution is 0.119. The van der Waals surface area contributed by atoms with Crippen molar-refractivity contribution in [3.8, 4) is 0 Å². The Labute approximate surface area is 109 Å². The summed E-state index contributed by atoms with van der Waals surface area (Å²) in [7, 11) is -3.28. The number of aliphatic hydroxyl groups is 1. The monoisotopic (exact) mass is 316 g/mol. The lowest BCUT2D eigenvalue weighted by Gasteiger charge is -2.45. The van der Waals surface area contributed by atoms with Crippen molar-refractivity contribution in [2.75, 3.05) is 0 Å². The molecule has 1 heterocycles. The van der Waals surface area contributed by atoms with Gasteiger partial charge in [0.15, 0.2) is 9.84 Å². The fraction of sp³-hybridized carbons (Fsp3) is 0.500. The van der Waals surface area contributed by atoms with E-state index in [0.29, 0.717) is 29.7 Å². The number of aliphatic hydroxyl groups excluding tert-OH is 1.